The zero-order valence-electron chi connectivity index (χ0n) is 13.1. The molecule has 0 radical (unpaired) electrons. The van der Waals surface area contributed by atoms with E-state index >= 15 is 0 Å². The van der Waals surface area contributed by atoms with E-state index in [1.165, 1.54) is 37.8 Å². The molecule has 1 aliphatic rings. The first kappa shape index (κ1) is 15.8. The monoisotopic (exact) mass is 297 g/mol. The second kappa shape index (κ2) is 6.48. The predicted molar refractivity (Wildman–Crippen MR) is 85.1 cm³/mol. The lowest BCUT2D eigenvalue weighted by atomic mass is 9.67. The summed E-state index contributed by atoms with van der Waals surface area (Å²) in [6.45, 7) is 8.04. The number of hydrogen-bond acceptors (Lipinski definition) is 2. The third kappa shape index (κ3) is 3.04. The minimum Gasteiger partial charge on any atom is -0.330 e. The molecule has 1 fully saturated rings. The van der Waals surface area contributed by atoms with E-state index in [0.717, 1.165) is 36.1 Å². The van der Waals surface area contributed by atoms with Crippen LogP contribution in [0.25, 0.3) is 0 Å². The third-order valence-electron chi connectivity index (χ3n) is 5.17. The number of aromatic nitrogens is 2. The van der Waals surface area contributed by atoms with Crippen LogP contribution >= 0.6 is 11.6 Å². The Morgan fingerprint density at radius 1 is 1.35 bits per heavy atom. The Kier molecular flexibility index (Phi) is 5.14. The van der Waals surface area contributed by atoms with Gasteiger partial charge in [0.05, 0.1) is 16.4 Å². The quantitative estimate of drug-likeness (QED) is 0.894. The summed E-state index contributed by atoms with van der Waals surface area (Å²) in [7, 11) is 0. The van der Waals surface area contributed by atoms with Crippen LogP contribution in [0.3, 0.4) is 0 Å². The molecule has 0 spiro atoms. The summed E-state index contributed by atoms with van der Waals surface area (Å²) in [5, 5.41) is 5.38. The Bertz CT molecular complexity index is 445. The van der Waals surface area contributed by atoms with Gasteiger partial charge >= 0.3 is 0 Å². The number of rotatable bonds is 5. The summed E-state index contributed by atoms with van der Waals surface area (Å²) in [4.78, 5) is 0. The highest BCUT2D eigenvalue weighted by molar-refractivity contribution is 6.31. The molecular formula is C16H28ClN3. The van der Waals surface area contributed by atoms with Crippen molar-refractivity contribution in [2.24, 2.45) is 17.1 Å². The Hall–Kier alpha value is -0.540. The van der Waals surface area contributed by atoms with Crippen molar-refractivity contribution in [1.82, 2.24) is 9.78 Å². The zero-order chi connectivity index (χ0) is 14.8. The van der Waals surface area contributed by atoms with Crippen LogP contribution in [-0.4, -0.2) is 16.3 Å². The Morgan fingerprint density at radius 2 is 2.00 bits per heavy atom. The fraction of sp³-hybridized carbons (Fsp3) is 0.812. The van der Waals surface area contributed by atoms with Gasteiger partial charge in [0, 0.05) is 6.54 Å². The van der Waals surface area contributed by atoms with Gasteiger partial charge in [-0.3, -0.25) is 4.68 Å². The van der Waals surface area contributed by atoms with Crippen molar-refractivity contribution in [1.29, 1.82) is 0 Å². The highest BCUT2D eigenvalue weighted by Gasteiger charge is 2.35. The van der Waals surface area contributed by atoms with Crippen molar-refractivity contribution in [3.8, 4) is 0 Å². The van der Waals surface area contributed by atoms with Gasteiger partial charge in [-0.15, -0.1) is 0 Å². The fourth-order valence-corrected chi connectivity index (χ4v) is 3.75. The van der Waals surface area contributed by atoms with Gasteiger partial charge in [0.15, 0.2) is 0 Å². The molecule has 0 atom stereocenters. The molecule has 20 heavy (non-hydrogen) atoms. The van der Waals surface area contributed by atoms with Crippen LogP contribution in [0, 0.1) is 18.3 Å². The molecule has 3 nitrogen and oxygen atoms in total. The summed E-state index contributed by atoms with van der Waals surface area (Å²) >= 11 is 6.46. The predicted octanol–water partition coefficient (Wildman–Crippen LogP) is 3.95. The molecule has 1 aromatic rings. The molecule has 0 saturated heterocycles. The first-order valence-corrected chi connectivity index (χ1v) is 8.35. The van der Waals surface area contributed by atoms with Crippen LogP contribution in [0.5, 0.6) is 0 Å². The average Bonchev–Trinajstić information content (AvgIpc) is 2.75. The summed E-state index contributed by atoms with van der Waals surface area (Å²) in [6.07, 6.45) is 7.36. The molecule has 0 amide bonds. The van der Waals surface area contributed by atoms with Crippen LogP contribution < -0.4 is 5.73 Å². The molecule has 1 saturated carbocycles. The van der Waals surface area contributed by atoms with E-state index in [4.69, 9.17) is 17.3 Å². The summed E-state index contributed by atoms with van der Waals surface area (Å²) in [5.41, 5.74) is 8.51. The van der Waals surface area contributed by atoms with E-state index < -0.39 is 0 Å². The van der Waals surface area contributed by atoms with E-state index in [1.54, 1.807) is 0 Å². The molecule has 0 aliphatic heterocycles. The lowest BCUT2D eigenvalue weighted by molar-refractivity contribution is 0.150. The van der Waals surface area contributed by atoms with Gasteiger partial charge in [-0.05, 0) is 63.8 Å². The molecule has 0 aromatic carbocycles. The van der Waals surface area contributed by atoms with Gasteiger partial charge in [-0.2, -0.15) is 5.10 Å². The molecule has 0 unspecified atom stereocenters. The van der Waals surface area contributed by atoms with Crippen molar-refractivity contribution in [2.75, 3.05) is 6.54 Å². The highest BCUT2D eigenvalue weighted by Crippen LogP contribution is 2.42. The lowest BCUT2D eigenvalue weighted by Crippen LogP contribution is -2.37. The fourth-order valence-electron chi connectivity index (χ4n) is 3.54. The number of hydrogen-bond donors (Lipinski definition) is 1. The molecule has 1 aliphatic carbocycles. The maximum absolute atomic E-state index is 6.46. The van der Waals surface area contributed by atoms with Gasteiger partial charge in [-0.1, -0.05) is 24.9 Å². The molecule has 2 N–H and O–H groups in total. The van der Waals surface area contributed by atoms with Crippen LogP contribution in [0.15, 0.2) is 0 Å². The molecule has 1 aromatic heterocycles. The van der Waals surface area contributed by atoms with Gasteiger partial charge in [0.1, 0.15) is 0 Å². The van der Waals surface area contributed by atoms with E-state index in [1.807, 2.05) is 6.92 Å². The van der Waals surface area contributed by atoms with Crippen molar-refractivity contribution < 1.29 is 0 Å². The van der Waals surface area contributed by atoms with Crippen molar-refractivity contribution in [3.63, 3.8) is 0 Å². The minimum atomic E-state index is 0.231. The highest BCUT2D eigenvalue weighted by atomic mass is 35.5. The van der Waals surface area contributed by atoms with Crippen LogP contribution in [0.1, 0.15) is 57.3 Å². The summed E-state index contributed by atoms with van der Waals surface area (Å²) in [5.74, 6) is 0.892. The van der Waals surface area contributed by atoms with Gasteiger partial charge in [0.25, 0.3) is 0 Å². The van der Waals surface area contributed by atoms with Gasteiger partial charge in [0.2, 0.25) is 0 Å². The largest absolute Gasteiger partial charge is 0.330 e. The smallest absolute Gasteiger partial charge is 0.0847 e. The van der Waals surface area contributed by atoms with Gasteiger partial charge in [-0.25, -0.2) is 0 Å². The number of nitrogens with two attached hydrogens (primary N) is 1. The Morgan fingerprint density at radius 3 is 2.50 bits per heavy atom. The Balaban J connectivity index is 2.18. The normalized spacial score (nSPS) is 26.9. The molecule has 0 bridgehead atoms. The van der Waals surface area contributed by atoms with E-state index in [9.17, 15) is 0 Å². The molecular weight excluding hydrogens is 270 g/mol. The molecule has 114 valence electrons. The summed E-state index contributed by atoms with van der Waals surface area (Å²) < 4.78 is 2.06. The minimum absolute atomic E-state index is 0.231. The van der Waals surface area contributed by atoms with Crippen LogP contribution in [0.4, 0.5) is 0 Å². The van der Waals surface area contributed by atoms with Crippen LogP contribution in [-0.2, 0) is 13.0 Å². The summed E-state index contributed by atoms with van der Waals surface area (Å²) in [6, 6.07) is 0. The van der Waals surface area contributed by atoms with E-state index in [2.05, 4.69) is 23.6 Å². The number of halogens is 1. The average molecular weight is 298 g/mol. The maximum Gasteiger partial charge on any atom is 0.0847 e. The maximum atomic E-state index is 6.46. The zero-order valence-corrected chi connectivity index (χ0v) is 13.8. The van der Waals surface area contributed by atoms with E-state index in [0.29, 0.717) is 0 Å². The van der Waals surface area contributed by atoms with Crippen LogP contribution in [0.2, 0.25) is 5.02 Å². The Labute approximate surface area is 127 Å². The van der Waals surface area contributed by atoms with Crippen molar-refractivity contribution in [3.05, 3.63) is 16.4 Å². The molecule has 4 heteroatoms. The number of aryl methyl sites for hydroxylation is 2. The first-order chi connectivity index (χ1) is 9.55. The molecule has 1 heterocycles. The number of nitrogens with zero attached hydrogens (tertiary/aromatic N) is 2. The van der Waals surface area contributed by atoms with E-state index in [-0.39, 0.29) is 5.41 Å². The third-order valence-corrected chi connectivity index (χ3v) is 5.66. The van der Waals surface area contributed by atoms with Crippen molar-refractivity contribution in [2.45, 2.75) is 65.8 Å². The van der Waals surface area contributed by atoms with Crippen molar-refractivity contribution >= 4 is 11.6 Å². The second-order valence-electron chi connectivity index (χ2n) is 6.39. The lowest BCUT2D eigenvalue weighted by Gasteiger charge is -2.39. The topological polar surface area (TPSA) is 43.8 Å². The SMILES string of the molecule is CCC1CCC(CN)(Cc2c(Cl)c(C)nn2CC)CC1. The second-order valence-corrected chi connectivity index (χ2v) is 6.77. The van der Waals surface area contributed by atoms with Gasteiger partial charge < -0.3 is 5.73 Å². The molecule has 2 rings (SSSR count). The first-order valence-electron chi connectivity index (χ1n) is 7.97. The standard InChI is InChI=1S/C16H28ClN3/c1-4-13-6-8-16(11-18,9-7-13)10-14-15(17)12(3)19-20(14)5-2/h13H,4-11,18H2,1-3H3.